The fraction of sp³-hybridized carbons (Fsp3) is 0.733. The quantitative estimate of drug-likeness (QED) is 0.405. The summed E-state index contributed by atoms with van der Waals surface area (Å²) in [6.07, 6.45) is 0.213. The molecule has 1 aromatic heterocycles. The largest absolute Gasteiger partial charge is 0.374 e. The van der Waals surface area contributed by atoms with Crippen molar-refractivity contribution in [2.75, 3.05) is 40.3 Å². The minimum Gasteiger partial charge on any atom is -0.374 e. The van der Waals surface area contributed by atoms with Crippen LogP contribution in [0, 0.1) is 0 Å². The minimum atomic E-state index is 0. The third-order valence-electron chi connectivity index (χ3n) is 3.63. The van der Waals surface area contributed by atoms with Crippen molar-refractivity contribution in [3.05, 3.63) is 16.1 Å². The average molecular weight is 453 g/mol. The lowest BCUT2D eigenvalue weighted by Gasteiger charge is -2.30. The van der Waals surface area contributed by atoms with Gasteiger partial charge in [0.15, 0.2) is 5.96 Å². The Bertz CT molecular complexity index is 494. The molecule has 2 rings (SSSR count). The second-order valence-corrected chi connectivity index (χ2v) is 6.83. The topological polar surface area (TPSA) is 61.8 Å². The number of thiazole rings is 1. The smallest absolute Gasteiger partial charge is 0.191 e. The molecule has 2 heterocycles. The molecular weight excluding hydrogens is 425 g/mol. The summed E-state index contributed by atoms with van der Waals surface area (Å²) in [7, 11) is 3.90. The average Bonchev–Trinajstić information content (AvgIpc) is 2.97. The van der Waals surface area contributed by atoms with Crippen molar-refractivity contribution in [3.63, 3.8) is 0 Å². The van der Waals surface area contributed by atoms with Gasteiger partial charge >= 0.3 is 0 Å². The molecule has 2 N–H and O–H groups in total. The second kappa shape index (κ2) is 10.4. The van der Waals surface area contributed by atoms with E-state index in [2.05, 4.69) is 51.8 Å². The van der Waals surface area contributed by atoms with Crippen molar-refractivity contribution in [1.29, 1.82) is 0 Å². The molecule has 6 nitrogen and oxygen atoms in total. The van der Waals surface area contributed by atoms with Crippen LogP contribution < -0.4 is 10.6 Å². The molecule has 0 radical (unpaired) electrons. The molecule has 8 heteroatoms. The van der Waals surface area contributed by atoms with Gasteiger partial charge in [0.2, 0.25) is 0 Å². The first kappa shape index (κ1) is 20.6. The van der Waals surface area contributed by atoms with E-state index in [1.54, 1.807) is 18.4 Å². The third kappa shape index (κ3) is 6.90. The van der Waals surface area contributed by atoms with Crippen molar-refractivity contribution in [2.24, 2.45) is 4.99 Å². The Balaban J connectivity index is 0.00000264. The molecule has 1 aliphatic heterocycles. The lowest BCUT2D eigenvalue weighted by atomic mass is 10.2. The summed E-state index contributed by atoms with van der Waals surface area (Å²) < 4.78 is 5.74. The second-order valence-electron chi connectivity index (χ2n) is 5.88. The number of rotatable bonds is 5. The molecule has 0 spiro atoms. The monoisotopic (exact) mass is 453 g/mol. The molecule has 0 aromatic carbocycles. The van der Waals surface area contributed by atoms with E-state index in [1.807, 2.05) is 0 Å². The Hall–Kier alpha value is -0.450. The van der Waals surface area contributed by atoms with E-state index in [9.17, 15) is 0 Å². The molecule has 1 unspecified atom stereocenters. The number of halogens is 1. The van der Waals surface area contributed by atoms with E-state index in [-0.39, 0.29) is 30.1 Å². The minimum absolute atomic E-state index is 0. The predicted molar refractivity (Wildman–Crippen MR) is 107 cm³/mol. The van der Waals surface area contributed by atoms with Crippen LogP contribution >= 0.6 is 35.3 Å². The standard InChI is InChI=1S/C15H27N5OS.HI/c1-11(2)13-10-22-14(19-13)8-18-15(16-3)17-7-12-9-20(4)5-6-21-12;/h10-12H,5-9H2,1-4H3,(H2,16,17,18);1H. The maximum absolute atomic E-state index is 5.74. The maximum atomic E-state index is 5.74. The molecule has 1 aliphatic rings. The van der Waals surface area contributed by atoms with Crippen LogP contribution in [0.1, 0.15) is 30.5 Å². The van der Waals surface area contributed by atoms with Gasteiger partial charge in [0.05, 0.1) is 24.9 Å². The molecule has 132 valence electrons. The zero-order valence-corrected chi connectivity index (χ0v) is 17.5. The number of aliphatic imine (C=N–C) groups is 1. The molecule has 1 fully saturated rings. The Morgan fingerprint density at radius 3 is 2.91 bits per heavy atom. The lowest BCUT2D eigenvalue weighted by molar-refractivity contribution is -0.0161. The van der Waals surface area contributed by atoms with Gasteiger partial charge in [-0.25, -0.2) is 4.98 Å². The van der Waals surface area contributed by atoms with Crippen molar-refractivity contribution in [2.45, 2.75) is 32.4 Å². The maximum Gasteiger partial charge on any atom is 0.191 e. The predicted octanol–water partition coefficient (Wildman–Crippen LogP) is 1.88. The Morgan fingerprint density at radius 1 is 1.52 bits per heavy atom. The number of nitrogens with zero attached hydrogens (tertiary/aromatic N) is 3. The van der Waals surface area contributed by atoms with E-state index in [4.69, 9.17) is 4.74 Å². The SMILES string of the molecule is CN=C(NCc1nc(C(C)C)cs1)NCC1CN(C)CCO1.I. The number of hydrogen-bond donors (Lipinski definition) is 2. The van der Waals surface area contributed by atoms with E-state index < -0.39 is 0 Å². The Labute approximate surface area is 160 Å². The number of morpholine rings is 1. The highest BCUT2D eigenvalue weighted by molar-refractivity contribution is 14.0. The van der Waals surface area contributed by atoms with E-state index in [1.165, 1.54) is 0 Å². The Morgan fingerprint density at radius 2 is 2.30 bits per heavy atom. The van der Waals surface area contributed by atoms with Crippen molar-refractivity contribution in [1.82, 2.24) is 20.5 Å². The normalized spacial score (nSPS) is 19.5. The summed E-state index contributed by atoms with van der Waals surface area (Å²) in [5, 5.41) is 9.84. The molecular formula is C15H28IN5OS. The van der Waals surface area contributed by atoms with E-state index >= 15 is 0 Å². The van der Waals surface area contributed by atoms with Gasteiger partial charge in [0, 0.05) is 32.1 Å². The van der Waals surface area contributed by atoms with Crippen LogP contribution in [0.15, 0.2) is 10.4 Å². The first-order valence-electron chi connectivity index (χ1n) is 7.77. The van der Waals surface area contributed by atoms with Crippen LogP contribution in [-0.2, 0) is 11.3 Å². The fourth-order valence-corrected chi connectivity index (χ4v) is 3.15. The van der Waals surface area contributed by atoms with E-state index in [0.29, 0.717) is 12.5 Å². The van der Waals surface area contributed by atoms with Gasteiger partial charge in [0.1, 0.15) is 5.01 Å². The molecule has 1 aromatic rings. The van der Waals surface area contributed by atoms with Crippen LogP contribution in [0.3, 0.4) is 0 Å². The summed E-state index contributed by atoms with van der Waals surface area (Å²) in [5.41, 5.74) is 1.16. The summed E-state index contributed by atoms with van der Waals surface area (Å²) >= 11 is 1.69. The highest BCUT2D eigenvalue weighted by atomic mass is 127. The number of nitrogens with one attached hydrogen (secondary N) is 2. The molecule has 0 amide bonds. The summed E-state index contributed by atoms with van der Waals surface area (Å²) in [4.78, 5) is 11.2. The Kier molecular flexibility index (Phi) is 9.33. The van der Waals surface area contributed by atoms with Crippen molar-refractivity contribution >= 4 is 41.3 Å². The number of ether oxygens (including phenoxy) is 1. The third-order valence-corrected chi connectivity index (χ3v) is 4.50. The highest BCUT2D eigenvalue weighted by Gasteiger charge is 2.17. The summed E-state index contributed by atoms with van der Waals surface area (Å²) in [6.45, 7) is 8.54. The van der Waals surface area contributed by atoms with E-state index in [0.717, 1.165) is 42.9 Å². The van der Waals surface area contributed by atoms with Gasteiger partial charge in [-0.15, -0.1) is 35.3 Å². The lowest BCUT2D eigenvalue weighted by Crippen LogP contribution is -2.48. The molecule has 0 aliphatic carbocycles. The zero-order valence-electron chi connectivity index (χ0n) is 14.3. The van der Waals surface area contributed by atoms with Gasteiger partial charge < -0.3 is 20.3 Å². The molecule has 1 saturated heterocycles. The van der Waals surface area contributed by atoms with Gasteiger partial charge in [-0.3, -0.25) is 4.99 Å². The van der Waals surface area contributed by atoms with Crippen LogP contribution in [0.4, 0.5) is 0 Å². The first-order valence-corrected chi connectivity index (χ1v) is 8.65. The molecule has 23 heavy (non-hydrogen) atoms. The number of aromatic nitrogens is 1. The number of hydrogen-bond acceptors (Lipinski definition) is 5. The first-order chi connectivity index (χ1) is 10.6. The summed E-state index contributed by atoms with van der Waals surface area (Å²) in [5.74, 6) is 1.26. The zero-order chi connectivity index (χ0) is 15.9. The van der Waals surface area contributed by atoms with Crippen LogP contribution in [-0.4, -0.2) is 62.3 Å². The van der Waals surface area contributed by atoms with Gasteiger partial charge in [-0.05, 0) is 13.0 Å². The van der Waals surface area contributed by atoms with Gasteiger partial charge in [0.25, 0.3) is 0 Å². The fourth-order valence-electron chi connectivity index (χ4n) is 2.25. The number of guanidine groups is 1. The number of likely N-dealkylation sites (N-methyl/N-ethyl adjacent to an activating group) is 1. The van der Waals surface area contributed by atoms with Gasteiger partial charge in [-0.1, -0.05) is 13.8 Å². The van der Waals surface area contributed by atoms with Crippen molar-refractivity contribution < 1.29 is 4.74 Å². The van der Waals surface area contributed by atoms with Crippen LogP contribution in [0.25, 0.3) is 0 Å². The molecule has 0 bridgehead atoms. The molecule has 0 saturated carbocycles. The van der Waals surface area contributed by atoms with Gasteiger partial charge in [-0.2, -0.15) is 0 Å². The van der Waals surface area contributed by atoms with Crippen molar-refractivity contribution in [3.8, 4) is 0 Å². The highest BCUT2D eigenvalue weighted by Crippen LogP contribution is 2.17. The molecule has 1 atom stereocenters. The van der Waals surface area contributed by atoms with Crippen LogP contribution in [0.2, 0.25) is 0 Å². The summed E-state index contributed by atoms with van der Waals surface area (Å²) in [6, 6.07) is 0. The van der Waals surface area contributed by atoms with Crippen LogP contribution in [0.5, 0.6) is 0 Å².